The fraction of sp³-hybridized carbons (Fsp3) is 0.381. The van der Waals surface area contributed by atoms with Crippen molar-refractivity contribution in [1.82, 2.24) is 19.4 Å². The number of anilines is 1. The average molecular weight is 378 g/mol. The largest absolute Gasteiger partial charge is 0.370 e. The number of fused-ring (bicyclic) bond motifs is 1. The second-order valence-corrected chi connectivity index (χ2v) is 7.29. The minimum Gasteiger partial charge on any atom is -0.370 e. The molecule has 2 aromatic heterocycles. The molecule has 3 N–H and O–H groups in total. The molecule has 1 fully saturated rings. The lowest BCUT2D eigenvalue weighted by molar-refractivity contribution is 0.0708. The Kier molecular flexibility index (Phi) is 5.53. The summed E-state index contributed by atoms with van der Waals surface area (Å²) >= 11 is 0. The highest BCUT2D eigenvalue weighted by Crippen LogP contribution is 2.14. The Morgan fingerprint density at radius 2 is 2.11 bits per heavy atom. The standard InChI is InChI=1S/C21H26N6O/c22-17-5-3-11-26(14-17)21(28)16-8-9-20(24-13-16)23-10-4-12-27-15-25-18-6-1-2-7-19(18)27/h1-2,6-9,13,15,17H,3-5,10-12,14,22H2,(H,23,24). The summed E-state index contributed by atoms with van der Waals surface area (Å²) in [4.78, 5) is 23.2. The van der Waals surface area contributed by atoms with E-state index in [4.69, 9.17) is 5.73 Å². The lowest BCUT2D eigenvalue weighted by Crippen LogP contribution is -2.45. The van der Waals surface area contributed by atoms with E-state index in [9.17, 15) is 4.79 Å². The second-order valence-electron chi connectivity index (χ2n) is 7.29. The minimum absolute atomic E-state index is 0.0150. The van der Waals surface area contributed by atoms with Crippen molar-refractivity contribution in [3.05, 3.63) is 54.5 Å². The Bertz CT molecular complexity index is 935. The number of nitrogens with one attached hydrogen (secondary N) is 1. The van der Waals surface area contributed by atoms with Crippen LogP contribution in [0.25, 0.3) is 11.0 Å². The molecule has 4 rings (SSSR count). The van der Waals surface area contributed by atoms with E-state index in [0.29, 0.717) is 12.1 Å². The summed E-state index contributed by atoms with van der Waals surface area (Å²) in [7, 11) is 0. The third kappa shape index (κ3) is 4.14. The number of nitrogens with zero attached hydrogens (tertiary/aromatic N) is 4. The number of amides is 1. The van der Waals surface area contributed by atoms with Crippen molar-refractivity contribution in [2.24, 2.45) is 5.73 Å². The van der Waals surface area contributed by atoms with Crippen LogP contribution < -0.4 is 11.1 Å². The maximum atomic E-state index is 12.6. The van der Waals surface area contributed by atoms with Crippen molar-refractivity contribution in [2.45, 2.75) is 31.8 Å². The van der Waals surface area contributed by atoms with Gasteiger partial charge in [-0.3, -0.25) is 4.79 Å². The molecular weight excluding hydrogens is 352 g/mol. The first-order valence-electron chi connectivity index (χ1n) is 9.85. The molecule has 1 unspecified atom stereocenters. The van der Waals surface area contributed by atoms with Crippen LogP contribution >= 0.6 is 0 Å². The van der Waals surface area contributed by atoms with Crippen molar-refractivity contribution < 1.29 is 4.79 Å². The molecule has 1 aliphatic heterocycles. The maximum Gasteiger partial charge on any atom is 0.255 e. The fourth-order valence-electron chi connectivity index (χ4n) is 3.66. The van der Waals surface area contributed by atoms with Crippen LogP contribution in [0.5, 0.6) is 0 Å². The van der Waals surface area contributed by atoms with E-state index < -0.39 is 0 Å². The number of aromatic nitrogens is 3. The van der Waals surface area contributed by atoms with Gasteiger partial charge in [-0.05, 0) is 43.5 Å². The minimum atomic E-state index is 0.0150. The summed E-state index contributed by atoms with van der Waals surface area (Å²) in [5, 5.41) is 3.32. The number of imidazole rings is 1. The molecule has 1 aromatic carbocycles. The second kappa shape index (κ2) is 8.39. The smallest absolute Gasteiger partial charge is 0.255 e. The van der Waals surface area contributed by atoms with E-state index in [1.165, 1.54) is 0 Å². The first-order valence-corrected chi connectivity index (χ1v) is 9.85. The Morgan fingerprint density at radius 1 is 1.21 bits per heavy atom. The molecule has 0 radical (unpaired) electrons. The Balaban J connectivity index is 1.27. The number of hydrogen-bond acceptors (Lipinski definition) is 5. The van der Waals surface area contributed by atoms with Crippen molar-refractivity contribution in [1.29, 1.82) is 0 Å². The van der Waals surface area contributed by atoms with Crippen molar-refractivity contribution >= 4 is 22.8 Å². The van der Waals surface area contributed by atoms with E-state index >= 15 is 0 Å². The number of piperidine rings is 1. The van der Waals surface area contributed by atoms with E-state index in [1.807, 2.05) is 41.6 Å². The van der Waals surface area contributed by atoms with Crippen LogP contribution in [0.3, 0.4) is 0 Å². The van der Waals surface area contributed by atoms with Gasteiger partial charge in [0.05, 0.1) is 22.9 Å². The molecule has 1 aliphatic rings. The number of para-hydroxylation sites is 2. The number of carbonyl (C=O) groups excluding carboxylic acids is 1. The van der Waals surface area contributed by atoms with Gasteiger partial charge in [0.2, 0.25) is 0 Å². The number of aryl methyl sites for hydroxylation is 1. The molecular formula is C21H26N6O. The van der Waals surface area contributed by atoms with Gasteiger partial charge in [-0.25, -0.2) is 9.97 Å². The monoisotopic (exact) mass is 378 g/mol. The van der Waals surface area contributed by atoms with Gasteiger partial charge in [-0.2, -0.15) is 0 Å². The van der Waals surface area contributed by atoms with Gasteiger partial charge < -0.3 is 20.5 Å². The Hall–Kier alpha value is -2.93. The molecule has 1 atom stereocenters. The van der Waals surface area contributed by atoms with Crippen LogP contribution in [0, 0.1) is 0 Å². The highest BCUT2D eigenvalue weighted by molar-refractivity contribution is 5.94. The van der Waals surface area contributed by atoms with Crippen LogP contribution in [0.4, 0.5) is 5.82 Å². The number of rotatable bonds is 6. The molecule has 0 saturated carbocycles. The molecule has 28 heavy (non-hydrogen) atoms. The van der Waals surface area contributed by atoms with E-state index in [1.54, 1.807) is 6.20 Å². The zero-order valence-corrected chi connectivity index (χ0v) is 15.9. The van der Waals surface area contributed by atoms with Crippen LogP contribution in [0.1, 0.15) is 29.6 Å². The molecule has 146 valence electrons. The molecule has 0 spiro atoms. The molecule has 1 amide bonds. The lowest BCUT2D eigenvalue weighted by atomic mass is 10.1. The molecule has 3 heterocycles. The first kappa shape index (κ1) is 18.4. The zero-order chi connectivity index (χ0) is 19.3. The summed E-state index contributed by atoms with van der Waals surface area (Å²) in [5.74, 6) is 0.795. The summed E-state index contributed by atoms with van der Waals surface area (Å²) in [6, 6.07) is 11.9. The SMILES string of the molecule is NC1CCCN(C(=O)c2ccc(NCCCn3cnc4ccccc43)nc2)C1. The number of carbonyl (C=O) groups is 1. The van der Waals surface area contributed by atoms with Crippen LogP contribution in [-0.2, 0) is 6.54 Å². The van der Waals surface area contributed by atoms with Crippen LogP contribution in [0.15, 0.2) is 48.9 Å². The summed E-state index contributed by atoms with van der Waals surface area (Å²) in [6.45, 7) is 3.09. The number of benzene rings is 1. The Morgan fingerprint density at radius 3 is 2.93 bits per heavy atom. The van der Waals surface area contributed by atoms with Crippen molar-refractivity contribution in [2.75, 3.05) is 25.0 Å². The van der Waals surface area contributed by atoms with Crippen LogP contribution in [0.2, 0.25) is 0 Å². The third-order valence-corrected chi connectivity index (χ3v) is 5.16. The molecule has 3 aromatic rings. The van der Waals surface area contributed by atoms with Gasteiger partial charge >= 0.3 is 0 Å². The predicted molar refractivity (Wildman–Crippen MR) is 110 cm³/mol. The average Bonchev–Trinajstić information content (AvgIpc) is 3.14. The van der Waals surface area contributed by atoms with E-state index in [2.05, 4.69) is 25.9 Å². The van der Waals surface area contributed by atoms with E-state index in [0.717, 1.165) is 55.7 Å². The van der Waals surface area contributed by atoms with Gasteiger partial charge in [0.25, 0.3) is 5.91 Å². The number of hydrogen-bond donors (Lipinski definition) is 2. The van der Waals surface area contributed by atoms with Gasteiger partial charge in [0.1, 0.15) is 5.82 Å². The highest BCUT2D eigenvalue weighted by Gasteiger charge is 2.22. The number of pyridine rings is 1. The predicted octanol–water partition coefficient (Wildman–Crippen LogP) is 2.50. The lowest BCUT2D eigenvalue weighted by Gasteiger charge is -2.30. The molecule has 7 nitrogen and oxygen atoms in total. The van der Waals surface area contributed by atoms with Crippen molar-refractivity contribution in [3.63, 3.8) is 0 Å². The van der Waals surface area contributed by atoms with Gasteiger partial charge in [-0.15, -0.1) is 0 Å². The number of nitrogens with two attached hydrogens (primary N) is 1. The van der Waals surface area contributed by atoms with Gasteiger partial charge in [0, 0.05) is 38.4 Å². The topological polar surface area (TPSA) is 89.1 Å². The molecule has 1 saturated heterocycles. The summed E-state index contributed by atoms with van der Waals surface area (Å²) < 4.78 is 2.16. The zero-order valence-electron chi connectivity index (χ0n) is 15.9. The third-order valence-electron chi connectivity index (χ3n) is 5.16. The van der Waals surface area contributed by atoms with Crippen LogP contribution in [-0.4, -0.2) is 51.0 Å². The van der Waals surface area contributed by atoms with E-state index in [-0.39, 0.29) is 11.9 Å². The van der Waals surface area contributed by atoms with Gasteiger partial charge in [0.15, 0.2) is 0 Å². The molecule has 0 aliphatic carbocycles. The van der Waals surface area contributed by atoms with Gasteiger partial charge in [-0.1, -0.05) is 12.1 Å². The molecule has 0 bridgehead atoms. The fourth-order valence-corrected chi connectivity index (χ4v) is 3.66. The first-order chi connectivity index (χ1) is 13.7. The summed E-state index contributed by atoms with van der Waals surface area (Å²) in [5.41, 5.74) is 8.76. The Labute approximate surface area is 164 Å². The number of likely N-dealkylation sites (tertiary alicyclic amines) is 1. The highest BCUT2D eigenvalue weighted by atomic mass is 16.2. The quantitative estimate of drug-likeness (QED) is 0.644. The molecule has 7 heteroatoms. The normalized spacial score (nSPS) is 17.0. The summed E-state index contributed by atoms with van der Waals surface area (Å²) in [6.07, 6.45) is 6.43. The van der Waals surface area contributed by atoms with Crippen molar-refractivity contribution in [3.8, 4) is 0 Å². The maximum absolute atomic E-state index is 12.6.